The van der Waals surface area contributed by atoms with Crippen LogP contribution in [0.3, 0.4) is 0 Å². The summed E-state index contributed by atoms with van der Waals surface area (Å²) in [6, 6.07) is 16.3. The van der Waals surface area contributed by atoms with E-state index in [0.717, 1.165) is 48.4 Å². The number of amides is 1. The number of unbranched alkanes of at least 4 members (excludes halogenated alkanes) is 1. The normalized spacial score (nSPS) is 11.2. The van der Waals surface area contributed by atoms with Gasteiger partial charge in [-0.15, -0.1) is 0 Å². The number of imidazole rings is 1. The number of benzene rings is 2. The monoisotopic (exact) mass is 393 g/mol. The molecular weight excluding hydrogens is 362 g/mol. The Balaban J connectivity index is 1.57. The number of ether oxygens (including phenoxy) is 1. The minimum absolute atomic E-state index is 0.00192. The predicted octanol–water partition coefficient (Wildman–Crippen LogP) is 4.52. The highest BCUT2D eigenvalue weighted by Gasteiger charge is 2.11. The van der Waals surface area contributed by atoms with Crippen molar-refractivity contribution in [2.75, 3.05) is 13.2 Å². The standard InChI is InChI=1S/C24H31N3O2/c1-18(2)24(28)25-15-14-23-26-20-11-5-6-12-21(20)27(23)16-8-9-17-29-22-13-7-4-10-19(22)3/h4-7,10-13,18H,8-9,14-17H2,1-3H3,(H,25,28). The topological polar surface area (TPSA) is 56.1 Å². The van der Waals surface area contributed by atoms with Crippen molar-refractivity contribution in [3.05, 3.63) is 59.9 Å². The van der Waals surface area contributed by atoms with Crippen molar-refractivity contribution < 1.29 is 9.53 Å². The fourth-order valence-electron chi connectivity index (χ4n) is 3.34. The lowest BCUT2D eigenvalue weighted by Crippen LogP contribution is -2.30. The van der Waals surface area contributed by atoms with Gasteiger partial charge in [0.1, 0.15) is 11.6 Å². The molecule has 0 bridgehead atoms. The number of nitrogens with zero attached hydrogens (tertiary/aromatic N) is 2. The van der Waals surface area contributed by atoms with Crippen LogP contribution in [0.2, 0.25) is 0 Å². The van der Waals surface area contributed by atoms with E-state index in [4.69, 9.17) is 9.72 Å². The first-order valence-electron chi connectivity index (χ1n) is 10.5. The van der Waals surface area contributed by atoms with E-state index in [1.165, 1.54) is 5.56 Å². The average molecular weight is 394 g/mol. The highest BCUT2D eigenvalue weighted by Crippen LogP contribution is 2.19. The van der Waals surface area contributed by atoms with Gasteiger partial charge in [0.25, 0.3) is 0 Å². The Hall–Kier alpha value is -2.82. The summed E-state index contributed by atoms with van der Waals surface area (Å²) in [7, 11) is 0. The molecule has 3 rings (SSSR count). The number of rotatable bonds is 10. The molecule has 5 heteroatoms. The van der Waals surface area contributed by atoms with Crippen LogP contribution in [0.4, 0.5) is 0 Å². The first-order valence-corrected chi connectivity index (χ1v) is 10.5. The number of para-hydroxylation sites is 3. The molecule has 3 aromatic rings. The molecule has 0 aliphatic heterocycles. The largest absolute Gasteiger partial charge is 0.493 e. The van der Waals surface area contributed by atoms with Crippen molar-refractivity contribution in [1.82, 2.24) is 14.9 Å². The lowest BCUT2D eigenvalue weighted by atomic mass is 10.2. The van der Waals surface area contributed by atoms with Crippen LogP contribution in [0, 0.1) is 12.8 Å². The van der Waals surface area contributed by atoms with Gasteiger partial charge >= 0.3 is 0 Å². The third-order valence-electron chi connectivity index (χ3n) is 5.03. The van der Waals surface area contributed by atoms with Crippen molar-refractivity contribution in [1.29, 1.82) is 0 Å². The quantitative estimate of drug-likeness (QED) is 0.515. The van der Waals surface area contributed by atoms with Crippen LogP contribution in [-0.2, 0) is 17.8 Å². The number of aromatic nitrogens is 2. The minimum Gasteiger partial charge on any atom is -0.493 e. The van der Waals surface area contributed by atoms with Gasteiger partial charge in [-0.3, -0.25) is 4.79 Å². The number of nitrogens with one attached hydrogen (secondary N) is 1. The molecule has 5 nitrogen and oxygen atoms in total. The summed E-state index contributed by atoms with van der Waals surface area (Å²) < 4.78 is 8.20. The molecule has 0 saturated heterocycles. The summed E-state index contributed by atoms with van der Waals surface area (Å²) in [5, 5.41) is 2.99. The Morgan fingerprint density at radius 3 is 2.66 bits per heavy atom. The van der Waals surface area contributed by atoms with Crippen LogP contribution in [0.1, 0.15) is 38.1 Å². The maximum absolute atomic E-state index is 11.8. The molecule has 1 heterocycles. The average Bonchev–Trinajstić information content (AvgIpc) is 3.06. The second-order valence-corrected chi connectivity index (χ2v) is 7.69. The number of fused-ring (bicyclic) bond motifs is 1. The number of hydrogen-bond acceptors (Lipinski definition) is 3. The van der Waals surface area contributed by atoms with Crippen molar-refractivity contribution in [3.63, 3.8) is 0 Å². The number of carbonyl (C=O) groups is 1. The van der Waals surface area contributed by atoms with E-state index in [-0.39, 0.29) is 11.8 Å². The summed E-state index contributed by atoms with van der Waals surface area (Å²) in [5.41, 5.74) is 3.32. The second kappa shape index (κ2) is 10.1. The van der Waals surface area contributed by atoms with Gasteiger partial charge in [-0.05, 0) is 43.5 Å². The highest BCUT2D eigenvalue weighted by molar-refractivity contribution is 5.78. The van der Waals surface area contributed by atoms with E-state index in [0.29, 0.717) is 13.2 Å². The van der Waals surface area contributed by atoms with E-state index >= 15 is 0 Å². The van der Waals surface area contributed by atoms with Gasteiger partial charge in [0.15, 0.2) is 0 Å². The van der Waals surface area contributed by atoms with Crippen molar-refractivity contribution in [3.8, 4) is 5.75 Å². The summed E-state index contributed by atoms with van der Waals surface area (Å²) in [4.78, 5) is 16.6. The Kier molecular flexibility index (Phi) is 7.28. The predicted molar refractivity (Wildman–Crippen MR) is 117 cm³/mol. The zero-order valence-corrected chi connectivity index (χ0v) is 17.6. The van der Waals surface area contributed by atoms with E-state index in [2.05, 4.69) is 28.9 Å². The first kappa shape index (κ1) is 20.9. The van der Waals surface area contributed by atoms with Crippen molar-refractivity contribution >= 4 is 16.9 Å². The molecule has 0 aliphatic rings. The van der Waals surface area contributed by atoms with Crippen molar-refractivity contribution in [2.24, 2.45) is 5.92 Å². The van der Waals surface area contributed by atoms with Crippen LogP contribution in [-0.4, -0.2) is 28.6 Å². The van der Waals surface area contributed by atoms with Gasteiger partial charge in [-0.1, -0.05) is 44.2 Å². The molecule has 154 valence electrons. The molecule has 0 atom stereocenters. The first-order chi connectivity index (χ1) is 14.1. The maximum Gasteiger partial charge on any atom is 0.222 e. The fourth-order valence-corrected chi connectivity index (χ4v) is 3.34. The van der Waals surface area contributed by atoms with Gasteiger partial charge in [0.05, 0.1) is 17.6 Å². The highest BCUT2D eigenvalue weighted by atomic mass is 16.5. The van der Waals surface area contributed by atoms with E-state index in [9.17, 15) is 4.79 Å². The molecule has 0 fully saturated rings. The summed E-state index contributed by atoms with van der Waals surface area (Å²) in [5.74, 6) is 2.07. The fraction of sp³-hybridized carbons (Fsp3) is 0.417. The molecule has 1 N–H and O–H groups in total. The van der Waals surface area contributed by atoms with Crippen LogP contribution < -0.4 is 10.1 Å². The Labute approximate surface area is 173 Å². The van der Waals surface area contributed by atoms with Crippen LogP contribution in [0.15, 0.2) is 48.5 Å². The van der Waals surface area contributed by atoms with E-state index < -0.39 is 0 Å². The Morgan fingerprint density at radius 2 is 1.86 bits per heavy atom. The summed E-state index contributed by atoms with van der Waals surface area (Å²) in [6.45, 7) is 8.09. The molecule has 0 spiro atoms. The molecule has 0 unspecified atom stereocenters. The molecule has 1 aromatic heterocycles. The minimum atomic E-state index is 0.00192. The van der Waals surface area contributed by atoms with Crippen LogP contribution in [0.25, 0.3) is 11.0 Å². The lowest BCUT2D eigenvalue weighted by Gasteiger charge is -2.12. The molecular formula is C24H31N3O2. The van der Waals surface area contributed by atoms with Gasteiger partial charge in [-0.2, -0.15) is 0 Å². The Morgan fingerprint density at radius 1 is 1.10 bits per heavy atom. The van der Waals surface area contributed by atoms with Gasteiger partial charge in [0.2, 0.25) is 5.91 Å². The van der Waals surface area contributed by atoms with Crippen LogP contribution in [0.5, 0.6) is 5.75 Å². The van der Waals surface area contributed by atoms with Gasteiger partial charge in [-0.25, -0.2) is 4.98 Å². The molecule has 1 amide bonds. The summed E-state index contributed by atoms with van der Waals surface area (Å²) in [6.07, 6.45) is 2.72. The number of aryl methyl sites for hydroxylation is 2. The molecule has 0 saturated carbocycles. The maximum atomic E-state index is 11.8. The lowest BCUT2D eigenvalue weighted by molar-refractivity contribution is -0.123. The molecule has 2 aromatic carbocycles. The zero-order valence-electron chi connectivity index (χ0n) is 17.6. The molecule has 0 radical (unpaired) electrons. The SMILES string of the molecule is Cc1ccccc1OCCCCn1c(CCNC(=O)C(C)C)nc2ccccc21. The number of carbonyl (C=O) groups excluding carboxylic acids is 1. The van der Waals surface area contributed by atoms with Crippen molar-refractivity contribution in [2.45, 2.75) is 46.6 Å². The van der Waals surface area contributed by atoms with E-state index in [1.807, 2.05) is 50.2 Å². The van der Waals surface area contributed by atoms with E-state index in [1.54, 1.807) is 0 Å². The third kappa shape index (κ3) is 5.59. The van der Waals surface area contributed by atoms with Crippen LogP contribution >= 0.6 is 0 Å². The second-order valence-electron chi connectivity index (χ2n) is 7.69. The zero-order chi connectivity index (χ0) is 20.6. The van der Waals surface area contributed by atoms with Gasteiger partial charge in [0, 0.05) is 25.4 Å². The van der Waals surface area contributed by atoms with Gasteiger partial charge < -0.3 is 14.6 Å². The summed E-state index contributed by atoms with van der Waals surface area (Å²) >= 11 is 0. The third-order valence-corrected chi connectivity index (χ3v) is 5.03. The molecule has 0 aliphatic carbocycles. The molecule has 29 heavy (non-hydrogen) atoms. The smallest absolute Gasteiger partial charge is 0.222 e. The number of hydrogen-bond donors (Lipinski definition) is 1. The Bertz CT molecular complexity index is 946.